The van der Waals surface area contributed by atoms with Crippen LogP contribution in [0.5, 0.6) is 0 Å². The number of halogens is 1. The van der Waals surface area contributed by atoms with Crippen molar-refractivity contribution in [3.8, 4) is 0 Å². The van der Waals surface area contributed by atoms with Crippen LogP contribution in [0.25, 0.3) is 0 Å². The minimum Gasteiger partial charge on any atom is -0.369 e. The first-order chi connectivity index (χ1) is 15.8. The highest BCUT2D eigenvalue weighted by molar-refractivity contribution is 7.89. The van der Waals surface area contributed by atoms with E-state index >= 15 is 0 Å². The van der Waals surface area contributed by atoms with Gasteiger partial charge in [-0.15, -0.1) is 0 Å². The Kier molecular flexibility index (Phi) is 7.07. The fourth-order valence-electron chi connectivity index (χ4n) is 4.43. The van der Waals surface area contributed by atoms with E-state index in [2.05, 4.69) is 4.90 Å². The molecular formula is C24H28ClN3O4S. The molecule has 2 aliphatic rings. The second kappa shape index (κ2) is 9.83. The molecule has 2 aromatic carbocycles. The second-order valence-electron chi connectivity index (χ2n) is 8.51. The number of ketones is 1. The van der Waals surface area contributed by atoms with Crippen LogP contribution in [0.3, 0.4) is 0 Å². The predicted molar refractivity (Wildman–Crippen MR) is 129 cm³/mol. The van der Waals surface area contributed by atoms with Crippen LogP contribution in [0, 0.1) is 0 Å². The van der Waals surface area contributed by atoms with Gasteiger partial charge in [-0.1, -0.05) is 17.7 Å². The average molecular weight is 490 g/mol. The number of carbonyl (C=O) groups is 2. The van der Waals surface area contributed by atoms with Crippen molar-refractivity contribution in [3.63, 3.8) is 0 Å². The molecule has 1 fully saturated rings. The number of hydrogen-bond donors (Lipinski definition) is 0. The summed E-state index contributed by atoms with van der Waals surface area (Å²) in [6.07, 6.45) is 1.87. The van der Waals surface area contributed by atoms with E-state index in [0.29, 0.717) is 63.4 Å². The SMILES string of the molecule is CC(=O)CCCC(=O)N1CCc2cc(S(=O)(=O)N3CCN(c4cccc(Cl)c4)CC3)ccc21. The zero-order valence-electron chi connectivity index (χ0n) is 18.7. The van der Waals surface area contributed by atoms with E-state index in [9.17, 15) is 18.0 Å². The molecule has 0 bridgehead atoms. The molecule has 2 aliphatic heterocycles. The molecule has 2 aromatic rings. The summed E-state index contributed by atoms with van der Waals surface area (Å²) >= 11 is 6.09. The number of fused-ring (bicyclic) bond motifs is 1. The Balaban J connectivity index is 1.42. The van der Waals surface area contributed by atoms with Crippen molar-refractivity contribution in [3.05, 3.63) is 53.1 Å². The number of carbonyl (C=O) groups excluding carboxylic acids is 2. The molecular weight excluding hydrogens is 462 g/mol. The van der Waals surface area contributed by atoms with E-state index in [0.717, 1.165) is 16.9 Å². The number of rotatable bonds is 7. The number of anilines is 2. The molecule has 2 heterocycles. The first kappa shape index (κ1) is 23.7. The van der Waals surface area contributed by atoms with Crippen LogP contribution in [0.1, 0.15) is 31.7 Å². The summed E-state index contributed by atoms with van der Waals surface area (Å²) in [6, 6.07) is 12.6. The Hall–Kier alpha value is -2.42. The molecule has 0 aromatic heterocycles. The second-order valence-corrected chi connectivity index (χ2v) is 10.9. The summed E-state index contributed by atoms with van der Waals surface area (Å²) < 4.78 is 28.1. The van der Waals surface area contributed by atoms with Gasteiger partial charge in [-0.25, -0.2) is 8.42 Å². The van der Waals surface area contributed by atoms with Crippen molar-refractivity contribution in [1.82, 2.24) is 4.31 Å². The first-order valence-electron chi connectivity index (χ1n) is 11.2. The van der Waals surface area contributed by atoms with Gasteiger partial charge in [-0.2, -0.15) is 4.31 Å². The van der Waals surface area contributed by atoms with E-state index in [-0.39, 0.29) is 16.6 Å². The summed E-state index contributed by atoms with van der Waals surface area (Å²) in [7, 11) is -3.62. The van der Waals surface area contributed by atoms with E-state index in [1.807, 2.05) is 24.3 Å². The molecule has 0 aliphatic carbocycles. The smallest absolute Gasteiger partial charge is 0.243 e. The quantitative estimate of drug-likeness (QED) is 0.594. The Labute approximate surface area is 200 Å². The van der Waals surface area contributed by atoms with Gasteiger partial charge >= 0.3 is 0 Å². The average Bonchev–Trinajstić information content (AvgIpc) is 3.22. The number of hydrogen-bond acceptors (Lipinski definition) is 5. The lowest BCUT2D eigenvalue weighted by atomic mass is 10.1. The van der Waals surface area contributed by atoms with E-state index in [4.69, 9.17) is 11.6 Å². The molecule has 4 rings (SSSR count). The molecule has 1 saturated heterocycles. The van der Waals surface area contributed by atoms with Crippen molar-refractivity contribution in [2.75, 3.05) is 42.5 Å². The normalized spacial score (nSPS) is 16.7. The lowest BCUT2D eigenvalue weighted by Gasteiger charge is -2.35. The summed E-state index contributed by atoms with van der Waals surface area (Å²) in [5.41, 5.74) is 2.63. The maximum absolute atomic E-state index is 13.3. The fraction of sp³-hybridized carbons (Fsp3) is 0.417. The number of sulfonamides is 1. The van der Waals surface area contributed by atoms with E-state index < -0.39 is 10.0 Å². The zero-order valence-corrected chi connectivity index (χ0v) is 20.2. The fourth-order valence-corrected chi connectivity index (χ4v) is 6.09. The van der Waals surface area contributed by atoms with Crippen molar-refractivity contribution in [1.29, 1.82) is 0 Å². The lowest BCUT2D eigenvalue weighted by molar-refractivity contribution is -0.119. The number of Topliss-reactive ketones (excluding diaryl/α,β-unsaturated/α-hetero) is 1. The van der Waals surface area contributed by atoms with Gasteiger partial charge in [0.05, 0.1) is 4.90 Å². The molecule has 0 N–H and O–H groups in total. The summed E-state index contributed by atoms with van der Waals surface area (Å²) in [4.78, 5) is 27.8. The molecule has 0 atom stereocenters. The minimum atomic E-state index is -3.62. The Bertz CT molecular complexity index is 1160. The maximum Gasteiger partial charge on any atom is 0.243 e. The van der Waals surface area contributed by atoms with Crippen LogP contribution in [-0.4, -0.2) is 57.1 Å². The van der Waals surface area contributed by atoms with Gasteiger partial charge in [0.2, 0.25) is 15.9 Å². The lowest BCUT2D eigenvalue weighted by Crippen LogP contribution is -2.48. The van der Waals surface area contributed by atoms with Crippen LogP contribution >= 0.6 is 11.6 Å². The first-order valence-corrected chi connectivity index (χ1v) is 13.0. The van der Waals surface area contributed by atoms with Crippen LogP contribution in [0.2, 0.25) is 5.02 Å². The maximum atomic E-state index is 13.3. The van der Waals surface area contributed by atoms with Gasteiger partial charge in [0.25, 0.3) is 0 Å². The van der Waals surface area contributed by atoms with Crippen LogP contribution in [0.4, 0.5) is 11.4 Å². The molecule has 0 unspecified atom stereocenters. The third-order valence-corrected chi connectivity index (χ3v) is 8.35. The summed E-state index contributed by atoms with van der Waals surface area (Å²) in [6.45, 7) is 4.03. The van der Waals surface area contributed by atoms with E-state index in [1.165, 1.54) is 11.2 Å². The largest absolute Gasteiger partial charge is 0.369 e. The van der Waals surface area contributed by atoms with Crippen LogP contribution < -0.4 is 9.80 Å². The predicted octanol–water partition coefficient (Wildman–Crippen LogP) is 3.50. The van der Waals surface area contributed by atoms with Crippen LogP contribution in [-0.2, 0) is 26.0 Å². The Morgan fingerprint density at radius 2 is 1.73 bits per heavy atom. The molecule has 176 valence electrons. The van der Waals surface area contributed by atoms with Crippen molar-refractivity contribution >= 4 is 44.7 Å². The van der Waals surface area contributed by atoms with Crippen molar-refractivity contribution in [2.24, 2.45) is 0 Å². The van der Waals surface area contributed by atoms with Crippen molar-refractivity contribution in [2.45, 2.75) is 37.5 Å². The Morgan fingerprint density at radius 1 is 0.970 bits per heavy atom. The molecule has 0 spiro atoms. The molecule has 9 heteroatoms. The highest BCUT2D eigenvalue weighted by Gasteiger charge is 2.31. The molecule has 1 amide bonds. The van der Waals surface area contributed by atoms with Crippen molar-refractivity contribution < 1.29 is 18.0 Å². The number of amides is 1. The van der Waals surface area contributed by atoms with Crippen LogP contribution in [0.15, 0.2) is 47.4 Å². The standard InChI is InChI=1S/C24H28ClN3O4S/c1-18(29)4-2-7-24(30)28-11-10-19-16-22(8-9-23(19)28)33(31,32)27-14-12-26(13-15-27)21-6-3-5-20(25)17-21/h3,5-6,8-9,16-17H,2,4,7,10-15H2,1H3. The minimum absolute atomic E-state index is 0.0252. The van der Waals surface area contributed by atoms with Gasteiger partial charge in [0.15, 0.2) is 0 Å². The third kappa shape index (κ3) is 5.23. The van der Waals surface area contributed by atoms with Gasteiger partial charge in [0, 0.05) is 62.0 Å². The monoisotopic (exact) mass is 489 g/mol. The third-order valence-electron chi connectivity index (χ3n) is 6.22. The van der Waals surface area contributed by atoms with Gasteiger partial charge < -0.3 is 14.6 Å². The number of piperazine rings is 1. The van der Waals surface area contributed by atoms with Gasteiger partial charge in [0.1, 0.15) is 5.78 Å². The highest BCUT2D eigenvalue weighted by Crippen LogP contribution is 2.32. The summed E-state index contributed by atoms with van der Waals surface area (Å²) in [5, 5.41) is 0.659. The highest BCUT2D eigenvalue weighted by atomic mass is 35.5. The van der Waals surface area contributed by atoms with Gasteiger partial charge in [-0.3, -0.25) is 4.79 Å². The van der Waals surface area contributed by atoms with E-state index in [1.54, 1.807) is 23.1 Å². The van der Waals surface area contributed by atoms with Gasteiger partial charge in [-0.05, 0) is 61.7 Å². The molecule has 7 nitrogen and oxygen atoms in total. The number of benzene rings is 2. The molecule has 33 heavy (non-hydrogen) atoms. The topological polar surface area (TPSA) is 78.0 Å². The summed E-state index contributed by atoms with van der Waals surface area (Å²) in [5.74, 6) is 0.0515. The molecule has 0 radical (unpaired) electrons. The molecule has 0 saturated carbocycles. The zero-order chi connectivity index (χ0) is 23.6. The number of nitrogens with zero attached hydrogens (tertiary/aromatic N) is 3. The Morgan fingerprint density at radius 3 is 2.42 bits per heavy atom.